The quantitative estimate of drug-likeness (QED) is 0.889. The number of aliphatic hydroxyl groups excluding tert-OH is 1. The molecule has 0 unspecified atom stereocenters. The number of nitrogens with zero attached hydrogens (tertiary/aromatic N) is 2. The molecule has 1 heterocycles. The van der Waals surface area contributed by atoms with Gasteiger partial charge in [0.1, 0.15) is 0 Å². The average molecular weight is 310 g/mol. The Kier molecular flexibility index (Phi) is 5.81. The van der Waals surface area contributed by atoms with Crippen molar-refractivity contribution in [1.29, 1.82) is 0 Å². The first-order chi connectivity index (χ1) is 11.3. The number of aliphatic hydroxyl groups is 1. The van der Waals surface area contributed by atoms with Crippen LogP contribution in [-0.2, 0) is 13.1 Å². The van der Waals surface area contributed by atoms with Gasteiger partial charge in [-0.3, -0.25) is 9.80 Å². The van der Waals surface area contributed by atoms with Crippen molar-refractivity contribution in [3.05, 3.63) is 71.8 Å². The Morgan fingerprint density at radius 2 is 1.43 bits per heavy atom. The highest BCUT2D eigenvalue weighted by Gasteiger charge is 2.26. The van der Waals surface area contributed by atoms with Gasteiger partial charge in [0.2, 0.25) is 0 Å². The lowest BCUT2D eigenvalue weighted by atomic mass is 10.1. The van der Waals surface area contributed by atoms with Crippen molar-refractivity contribution in [1.82, 2.24) is 9.80 Å². The molecule has 3 heteroatoms. The first-order valence-corrected chi connectivity index (χ1v) is 8.50. The van der Waals surface area contributed by atoms with Gasteiger partial charge >= 0.3 is 0 Å². The lowest BCUT2D eigenvalue weighted by Crippen LogP contribution is -2.52. The SMILES string of the molecule is OCC[C@H]1CN(Cc2ccccc2)CCN1Cc1ccccc1. The molecule has 2 aromatic rings. The highest BCUT2D eigenvalue weighted by molar-refractivity contribution is 5.16. The summed E-state index contributed by atoms with van der Waals surface area (Å²) in [7, 11) is 0. The minimum Gasteiger partial charge on any atom is -0.396 e. The van der Waals surface area contributed by atoms with Crippen molar-refractivity contribution in [2.24, 2.45) is 0 Å². The third-order valence-corrected chi connectivity index (χ3v) is 4.63. The van der Waals surface area contributed by atoms with Crippen LogP contribution in [0.3, 0.4) is 0 Å². The maximum atomic E-state index is 9.43. The summed E-state index contributed by atoms with van der Waals surface area (Å²) in [6, 6.07) is 21.7. The summed E-state index contributed by atoms with van der Waals surface area (Å²) in [5.41, 5.74) is 2.72. The van der Waals surface area contributed by atoms with Gasteiger partial charge in [-0.05, 0) is 17.5 Å². The Morgan fingerprint density at radius 1 is 0.826 bits per heavy atom. The Hall–Kier alpha value is -1.68. The fraction of sp³-hybridized carbons (Fsp3) is 0.400. The van der Waals surface area contributed by atoms with Crippen molar-refractivity contribution in [3.63, 3.8) is 0 Å². The normalized spacial score (nSPS) is 19.8. The van der Waals surface area contributed by atoms with E-state index in [1.807, 2.05) is 0 Å². The van der Waals surface area contributed by atoms with Crippen LogP contribution in [0.15, 0.2) is 60.7 Å². The number of piperazine rings is 1. The molecule has 0 aromatic heterocycles. The molecule has 122 valence electrons. The second kappa shape index (κ2) is 8.25. The van der Waals surface area contributed by atoms with Crippen LogP contribution in [0.5, 0.6) is 0 Å². The molecular formula is C20H26N2O. The second-order valence-corrected chi connectivity index (χ2v) is 6.34. The van der Waals surface area contributed by atoms with E-state index in [4.69, 9.17) is 0 Å². The molecule has 0 bridgehead atoms. The summed E-state index contributed by atoms with van der Waals surface area (Å²) in [4.78, 5) is 5.03. The Bertz CT molecular complexity index is 573. The molecular weight excluding hydrogens is 284 g/mol. The van der Waals surface area contributed by atoms with Crippen molar-refractivity contribution in [2.75, 3.05) is 26.2 Å². The Labute approximate surface area is 139 Å². The van der Waals surface area contributed by atoms with Crippen molar-refractivity contribution < 1.29 is 5.11 Å². The smallest absolute Gasteiger partial charge is 0.0446 e. The first-order valence-electron chi connectivity index (χ1n) is 8.50. The van der Waals surface area contributed by atoms with E-state index >= 15 is 0 Å². The number of hydrogen-bond acceptors (Lipinski definition) is 3. The summed E-state index contributed by atoms with van der Waals surface area (Å²) in [6.45, 7) is 5.42. The minimum atomic E-state index is 0.259. The molecule has 3 rings (SSSR count). The van der Waals surface area contributed by atoms with Gasteiger partial charge in [-0.1, -0.05) is 60.7 Å². The van der Waals surface area contributed by atoms with E-state index in [1.165, 1.54) is 11.1 Å². The summed E-state index contributed by atoms with van der Waals surface area (Å²) in [6.07, 6.45) is 0.845. The molecule has 0 spiro atoms. The predicted octanol–water partition coefficient (Wildman–Crippen LogP) is 2.76. The van der Waals surface area contributed by atoms with Crippen LogP contribution in [0.25, 0.3) is 0 Å². The monoisotopic (exact) mass is 310 g/mol. The summed E-state index contributed by atoms with van der Waals surface area (Å²) < 4.78 is 0. The molecule has 2 aromatic carbocycles. The van der Waals surface area contributed by atoms with Crippen LogP contribution in [0.4, 0.5) is 0 Å². The minimum absolute atomic E-state index is 0.259. The molecule has 1 fully saturated rings. The van der Waals surface area contributed by atoms with E-state index < -0.39 is 0 Å². The predicted molar refractivity (Wildman–Crippen MR) is 94.1 cm³/mol. The summed E-state index contributed by atoms with van der Waals surface area (Å²) in [5.74, 6) is 0. The maximum Gasteiger partial charge on any atom is 0.0446 e. The lowest BCUT2D eigenvalue weighted by Gasteiger charge is -2.41. The van der Waals surface area contributed by atoms with Crippen LogP contribution in [0, 0.1) is 0 Å². The first kappa shape index (κ1) is 16.2. The zero-order valence-electron chi connectivity index (χ0n) is 13.6. The molecule has 3 nitrogen and oxygen atoms in total. The van der Waals surface area contributed by atoms with E-state index in [9.17, 15) is 5.11 Å². The van der Waals surface area contributed by atoms with Gasteiger partial charge < -0.3 is 5.11 Å². The lowest BCUT2D eigenvalue weighted by molar-refractivity contribution is 0.0500. The molecule has 1 aliphatic rings. The Balaban J connectivity index is 1.61. The van der Waals surface area contributed by atoms with Crippen molar-refractivity contribution >= 4 is 0 Å². The van der Waals surface area contributed by atoms with E-state index in [1.54, 1.807) is 0 Å². The molecule has 1 atom stereocenters. The molecule has 1 N–H and O–H groups in total. The van der Waals surface area contributed by atoms with Gasteiger partial charge in [-0.15, -0.1) is 0 Å². The Morgan fingerprint density at radius 3 is 2.04 bits per heavy atom. The fourth-order valence-electron chi connectivity index (χ4n) is 3.39. The molecule has 0 saturated carbocycles. The average Bonchev–Trinajstić information content (AvgIpc) is 2.59. The van der Waals surface area contributed by atoms with Gasteiger partial charge in [0.05, 0.1) is 0 Å². The molecule has 23 heavy (non-hydrogen) atoms. The fourth-order valence-corrected chi connectivity index (χ4v) is 3.39. The summed E-state index contributed by atoms with van der Waals surface area (Å²) in [5, 5.41) is 9.43. The highest BCUT2D eigenvalue weighted by atomic mass is 16.3. The third-order valence-electron chi connectivity index (χ3n) is 4.63. The van der Waals surface area contributed by atoms with Gasteiger partial charge in [0, 0.05) is 45.4 Å². The largest absolute Gasteiger partial charge is 0.396 e. The van der Waals surface area contributed by atoms with Gasteiger partial charge in [0.15, 0.2) is 0 Å². The number of hydrogen-bond donors (Lipinski definition) is 1. The van der Waals surface area contributed by atoms with E-state index in [-0.39, 0.29) is 6.61 Å². The van der Waals surface area contributed by atoms with Gasteiger partial charge in [0.25, 0.3) is 0 Å². The van der Waals surface area contributed by atoms with Crippen LogP contribution in [0.2, 0.25) is 0 Å². The number of benzene rings is 2. The standard InChI is InChI=1S/C20H26N2O/c23-14-11-20-17-21(15-18-7-3-1-4-8-18)12-13-22(20)16-19-9-5-2-6-10-19/h1-10,20,23H,11-17H2/t20-/m0/s1. The van der Waals surface area contributed by atoms with Gasteiger partial charge in [-0.25, -0.2) is 0 Å². The van der Waals surface area contributed by atoms with E-state index in [0.29, 0.717) is 6.04 Å². The highest BCUT2D eigenvalue weighted by Crippen LogP contribution is 2.18. The third kappa shape index (κ3) is 4.64. The molecule has 0 radical (unpaired) electrons. The van der Waals surface area contributed by atoms with Gasteiger partial charge in [-0.2, -0.15) is 0 Å². The second-order valence-electron chi connectivity index (χ2n) is 6.34. The van der Waals surface area contributed by atoms with Crippen LogP contribution >= 0.6 is 0 Å². The van der Waals surface area contributed by atoms with Crippen LogP contribution in [-0.4, -0.2) is 47.2 Å². The zero-order valence-corrected chi connectivity index (χ0v) is 13.6. The molecule has 1 saturated heterocycles. The van der Waals surface area contributed by atoms with E-state index in [0.717, 1.165) is 39.1 Å². The van der Waals surface area contributed by atoms with E-state index in [2.05, 4.69) is 70.5 Å². The number of rotatable bonds is 6. The summed E-state index contributed by atoms with van der Waals surface area (Å²) >= 11 is 0. The van der Waals surface area contributed by atoms with Crippen LogP contribution < -0.4 is 0 Å². The molecule has 1 aliphatic heterocycles. The van der Waals surface area contributed by atoms with Crippen molar-refractivity contribution in [2.45, 2.75) is 25.6 Å². The maximum absolute atomic E-state index is 9.43. The zero-order chi connectivity index (χ0) is 15.9. The van der Waals surface area contributed by atoms with Crippen LogP contribution in [0.1, 0.15) is 17.5 Å². The molecule has 0 aliphatic carbocycles. The molecule has 0 amide bonds. The van der Waals surface area contributed by atoms with Crippen molar-refractivity contribution in [3.8, 4) is 0 Å². The topological polar surface area (TPSA) is 26.7 Å².